The fourth-order valence-corrected chi connectivity index (χ4v) is 5.12. The molecule has 0 unspecified atom stereocenters. The predicted octanol–water partition coefficient (Wildman–Crippen LogP) is 4.60. The summed E-state index contributed by atoms with van der Waals surface area (Å²) < 4.78 is 46.3. The molecule has 0 amide bonds. The summed E-state index contributed by atoms with van der Waals surface area (Å²) in [6.45, 7) is 0.652. The van der Waals surface area contributed by atoms with E-state index in [1.54, 1.807) is 12.1 Å². The first kappa shape index (κ1) is 21.0. The fourth-order valence-electron chi connectivity index (χ4n) is 3.62. The molecule has 1 aliphatic rings. The van der Waals surface area contributed by atoms with Crippen molar-refractivity contribution >= 4 is 10.0 Å². The number of nitriles is 1. The third-order valence-corrected chi connectivity index (χ3v) is 7.23. The van der Waals surface area contributed by atoms with Crippen molar-refractivity contribution in [2.24, 2.45) is 0 Å². The number of piperidine rings is 1. The number of rotatable bonds is 5. The smallest absolute Gasteiger partial charge is 0.243 e. The van der Waals surface area contributed by atoms with Gasteiger partial charge in [0.05, 0.1) is 16.5 Å². The average Bonchev–Trinajstić information content (AvgIpc) is 2.80. The zero-order valence-corrected chi connectivity index (χ0v) is 17.6. The fraction of sp³-hybridized carbons (Fsp3) is 0.208. The maximum absolute atomic E-state index is 13.4. The monoisotopic (exact) mass is 436 g/mol. The molecule has 1 heterocycles. The molecule has 0 N–H and O–H groups in total. The summed E-state index contributed by atoms with van der Waals surface area (Å²) in [5.41, 5.74) is 2.66. The van der Waals surface area contributed by atoms with Crippen molar-refractivity contribution in [3.8, 4) is 22.9 Å². The molecule has 0 saturated carbocycles. The zero-order valence-electron chi connectivity index (χ0n) is 16.7. The number of nitrogens with zero attached hydrogens (tertiary/aromatic N) is 2. The molecule has 3 aromatic carbocycles. The summed E-state index contributed by atoms with van der Waals surface area (Å²) in [5.74, 6) is 0.160. The Morgan fingerprint density at radius 1 is 0.935 bits per heavy atom. The largest absolute Gasteiger partial charge is 0.490 e. The van der Waals surface area contributed by atoms with Crippen LogP contribution in [-0.2, 0) is 10.0 Å². The summed E-state index contributed by atoms with van der Waals surface area (Å²) in [6, 6.07) is 22.3. The number of hydrogen-bond donors (Lipinski definition) is 0. The van der Waals surface area contributed by atoms with Crippen molar-refractivity contribution < 1.29 is 17.5 Å². The lowest BCUT2D eigenvalue weighted by Crippen LogP contribution is -2.41. The Morgan fingerprint density at radius 3 is 2.13 bits per heavy atom. The first-order valence-corrected chi connectivity index (χ1v) is 11.4. The van der Waals surface area contributed by atoms with Gasteiger partial charge in [0.1, 0.15) is 17.7 Å². The lowest BCUT2D eigenvalue weighted by Gasteiger charge is -2.31. The molecule has 5 nitrogen and oxygen atoms in total. The van der Waals surface area contributed by atoms with E-state index in [4.69, 9.17) is 10.00 Å². The second-order valence-electron chi connectivity index (χ2n) is 7.39. The van der Waals surface area contributed by atoms with Gasteiger partial charge >= 0.3 is 0 Å². The topological polar surface area (TPSA) is 70.4 Å². The van der Waals surface area contributed by atoms with Crippen LogP contribution in [0.2, 0.25) is 0 Å². The van der Waals surface area contributed by atoms with E-state index in [0.717, 1.165) is 22.9 Å². The standard InChI is InChI=1S/C24H21FN2O3S/c25-21-2-1-3-24(16-21)31(28,29)27-14-12-23(13-15-27)30-22-10-8-20(9-11-22)19-6-4-18(17-26)5-7-19/h1-11,16,23H,12-15H2. The number of benzene rings is 3. The van der Waals surface area contributed by atoms with Gasteiger partial charge < -0.3 is 4.74 Å². The maximum atomic E-state index is 13.4. The van der Waals surface area contributed by atoms with E-state index in [0.29, 0.717) is 31.5 Å². The molecule has 1 aliphatic heterocycles. The first-order chi connectivity index (χ1) is 15.0. The van der Waals surface area contributed by atoms with Crippen LogP contribution in [0.3, 0.4) is 0 Å². The van der Waals surface area contributed by atoms with Crippen molar-refractivity contribution in [2.45, 2.75) is 23.8 Å². The van der Waals surface area contributed by atoms with Crippen LogP contribution >= 0.6 is 0 Å². The van der Waals surface area contributed by atoms with Crippen LogP contribution in [0.1, 0.15) is 18.4 Å². The van der Waals surface area contributed by atoms with E-state index in [9.17, 15) is 12.8 Å². The van der Waals surface area contributed by atoms with Gasteiger partial charge in [0.2, 0.25) is 10.0 Å². The molecule has 7 heteroatoms. The van der Waals surface area contributed by atoms with Gasteiger partial charge in [-0.05, 0) is 66.4 Å². The summed E-state index contributed by atoms with van der Waals surface area (Å²) in [6.07, 6.45) is 1.04. The van der Waals surface area contributed by atoms with E-state index < -0.39 is 15.8 Å². The third kappa shape index (κ3) is 4.76. The van der Waals surface area contributed by atoms with Gasteiger partial charge in [-0.1, -0.05) is 30.3 Å². The summed E-state index contributed by atoms with van der Waals surface area (Å²) in [7, 11) is -3.70. The number of hydrogen-bond acceptors (Lipinski definition) is 4. The zero-order chi connectivity index (χ0) is 21.8. The summed E-state index contributed by atoms with van der Waals surface area (Å²) in [4.78, 5) is -0.0229. The lowest BCUT2D eigenvalue weighted by molar-refractivity contribution is 0.135. The Labute approximate surface area is 181 Å². The number of halogens is 1. The second-order valence-corrected chi connectivity index (χ2v) is 9.33. The molecule has 0 atom stereocenters. The van der Waals surface area contributed by atoms with Gasteiger partial charge in [0.25, 0.3) is 0 Å². The molecular formula is C24H21FN2O3S. The van der Waals surface area contributed by atoms with Crippen LogP contribution in [0.25, 0.3) is 11.1 Å². The highest BCUT2D eigenvalue weighted by molar-refractivity contribution is 7.89. The van der Waals surface area contributed by atoms with E-state index in [2.05, 4.69) is 6.07 Å². The van der Waals surface area contributed by atoms with E-state index >= 15 is 0 Å². The molecule has 0 radical (unpaired) electrons. The minimum absolute atomic E-state index is 0.0229. The highest BCUT2D eigenvalue weighted by atomic mass is 32.2. The van der Waals surface area contributed by atoms with Gasteiger partial charge in [-0.3, -0.25) is 0 Å². The Kier molecular flexibility index (Phi) is 6.03. The van der Waals surface area contributed by atoms with Gasteiger partial charge in [0, 0.05) is 13.1 Å². The minimum atomic E-state index is -3.70. The van der Waals surface area contributed by atoms with Crippen LogP contribution in [-0.4, -0.2) is 31.9 Å². The SMILES string of the molecule is N#Cc1ccc(-c2ccc(OC3CCN(S(=O)(=O)c4cccc(F)c4)CC3)cc2)cc1. The van der Waals surface area contributed by atoms with E-state index in [-0.39, 0.29) is 11.0 Å². The molecule has 0 bridgehead atoms. The Hall–Kier alpha value is -3.21. The van der Waals surface area contributed by atoms with Crippen LogP contribution in [0, 0.1) is 17.1 Å². The average molecular weight is 437 g/mol. The maximum Gasteiger partial charge on any atom is 0.243 e. The van der Waals surface area contributed by atoms with E-state index in [1.807, 2.05) is 36.4 Å². The van der Waals surface area contributed by atoms with Crippen LogP contribution in [0.15, 0.2) is 77.7 Å². The molecule has 3 aromatic rings. The summed E-state index contributed by atoms with van der Waals surface area (Å²) >= 11 is 0. The third-order valence-electron chi connectivity index (χ3n) is 5.34. The van der Waals surface area contributed by atoms with Gasteiger partial charge in [-0.25, -0.2) is 12.8 Å². The second kappa shape index (κ2) is 8.88. The van der Waals surface area contributed by atoms with Crippen molar-refractivity contribution in [1.29, 1.82) is 5.26 Å². The molecule has 1 saturated heterocycles. The van der Waals surface area contributed by atoms with Crippen molar-refractivity contribution in [2.75, 3.05) is 13.1 Å². The number of sulfonamides is 1. The first-order valence-electron chi connectivity index (χ1n) is 9.99. The van der Waals surface area contributed by atoms with E-state index in [1.165, 1.54) is 22.5 Å². The minimum Gasteiger partial charge on any atom is -0.490 e. The molecule has 0 aromatic heterocycles. The molecule has 0 spiro atoms. The van der Waals surface area contributed by atoms with Crippen LogP contribution in [0.4, 0.5) is 4.39 Å². The van der Waals surface area contributed by atoms with Crippen LogP contribution in [0.5, 0.6) is 5.75 Å². The highest BCUT2D eigenvalue weighted by Crippen LogP contribution is 2.26. The molecule has 4 rings (SSSR count). The predicted molar refractivity (Wildman–Crippen MR) is 115 cm³/mol. The van der Waals surface area contributed by atoms with Crippen molar-refractivity contribution in [3.05, 3.63) is 84.2 Å². The van der Waals surface area contributed by atoms with Gasteiger partial charge in [0.15, 0.2) is 0 Å². The normalized spacial score (nSPS) is 15.4. The summed E-state index contributed by atoms with van der Waals surface area (Å²) in [5, 5.41) is 8.90. The molecule has 1 fully saturated rings. The van der Waals surface area contributed by atoms with Crippen LogP contribution < -0.4 is 4.74 Å². The quantitative estimate of drug-likeness (QED) is 0.586. The Balaban J connectivity index is 1.36. The molecule has 31 heavy (non-hydrogen) atoms. The Bertz CT molecular complexity index is 1190. The lowest BCUT2D eigenvalue weighted by atomic mass is 10.0. The van der Waals surface area contributed by atoms with Gasteiger partial charge in [-0.2, -0.15) is 9.57 Å². The molecule has 0 aliphatic carbocycles. The Morgan fingerprint density at radius 2 is 1.55 bits per heavy atom. The number of ether oxygens (including phenoxy) is 1. The van der Waals surface area contributed by atoms with Crippen molar-refractivity contribution in [3.63, 3.8) is 0 Å². The van der Waals surface area contributed by atoms with Gasteiger partial charge in [-0.15, -0.1) is 0 Å². The molecule has 158 valence electrons. The van der Waals surface area contributed by atoms with Crippen molar-refractivity contribution in [1.82, 2.24) is 4.31 Å². The molecular weight excluding hydrogens is 415 g/mol. The highest BCUT2D eigenvalue weighted by Gasteiger charge is 2.30.